The number of ether oxygens (including phenoxy) is 1. The Labute approximate surface area is 91.0 Å². The summed E-state index contributed by atoms with van der Waals surface area (Å²) in [6.45, 7) is 7.69. The van der Waals surface area contributed by atoms with Crippen LogP contribution in [-0.2, 0) is 4.74 Å². The van der Waals surface area contributed by atoms with Crippen molar-refractivity contribution in [3.63, 3.8) is 0 Å². The van der Waals surface area contributed by atoms with Crippen molar-refractivity contribution in [2.45, 2.75) is 51.7 Å². The van der Waals surface area contributed by atoms with E-state index in [-0.39, 0.29) is 18.2 Å². The zero-order valence-electron chi connectivity index (χ0n) is 9.96. The molecule has 4 heteroatoms. The number of alkyl carbamates (subject to hydrolysis) is 1. The molecule has 15 heavy (non-hydrogen) atoms. The van der Waals surface area contributed by atoms with Gasteiger partial charge >= 0.3 is 6.09 Å². The Morgan fingerprint density at radius 1 is 1.53 bits per heavy atom. The summed E-state index contributed by atoms with van der Waals surface area (Å²) in [7, 11) is 0. The Morgan fingerprint density at radius 2 is 2.07 bits per heavy atom. The van der Waals surface area contributed by atoms with Gasteiger partial charge in [0.05, 0.1) is 0 Å². The van der Waals surface area contributed by atoms with Crippen LogP contribution < -0.4 is 5.32 Å². The van der Waals surface area contributed by atoms with Gasteiger partial charge in [-0.25, -0.2) is 4.79 Å². The molecule has 88 valence electrons. The molecule has 0 aromatic heterocycles. The first-order chi connectivity index (χ1) is 6.74. The summed E-state index contributed by atoms with van der Waals surface area (Å²) in [5.41, 5.74) is -0.656. The molecule has 0 radical (unpaired) electrons. The molecule has 4 nitrogen and oxygen atoms in total. The third-order valence-electron chi connectivity index (χ3n) is 2.54. The van der Waals surface area contributed by atoms with Crippen LogP contribution in [0.25, 0.3) is 0 Å². The standard InChI is InChI=1S/C11H21NO3/c1-10(2,3)15-9(14)12-11(4)5-8(6-11)7-13/h8,13H,5-7H2,1-4H3,(H,12,14). The molecule has 0 aromatic carbocycles. The zero-order valence-corrected chi connectivity index (χ0v) is 9.96. The van der Waals surface area contributed by atoms with Crippen molar-refractivity contribution in [3.05, 3.63) is 0 Å². The highest BCUT2D eigenvalue weighted by atomic mass is 16.6. The molecule has 1 aliphatic carbocycles. The number of carbonyl (C=O) groups excluding carboxylic acids is 1. The number of hydrogen-bond donors (Lipinski definition) is 2. The van der Waals surface area contributed by atoms with Crippen LogP contribution in [0.15, 0.2) is 0 Å². The number of carbonyl (C=O) groups is 1. The Bertz CT molecular complexity index is 239. The SMILES string of the molecule is CC1(NC(=O)OC(C)(C)C)CC(CO)C1. The molecule has 0 atom stereocenters. The van der Waals surface area contributed by atoms with Crippen molar-refractivity contribution in [1.82, 2.24) is 5.32 Å². The van der Waals surface area contributed by atoms with Crippen molar-refractivity contribution in [3.8, 4) is 0 Å². The maximum Gasteiger partial charge on any atom is 0.408 e. The second-order valence-corrected chi connectivity index (χ2v) is 5.64. The number of rotatable bonds is 2. The number of hydrogen-bond acceptors (Lipinski definition) is 3. The monoisotopic (exact) mass is 215 g/mol. The smallest absolute Gasteiger partial charge is 0.408 e. The molecule has 1 rings (SSSR count). The normalized spacial score (nSPS) is 30.6. The van der Waals surface area contributed by atoms with E-state index in [2.05, 4.69) is 5.32 Å². The highest BCUT2D eigenvalue weighted by Crippen LogP contribution is 2.37. The van der Waals surface area contributed by atoms with Gasteiger partial charge in [-0.1, -0.05) is 0 Å². The van der Waals surface area contributed by atoms with Crippen molar-refractivity contribution in [1.29, 1.82) is 0 Å². The predicted octanol–water partition coefficient (Wildman–Crippen LogP) is 1.67. The fraction of sp³-hybridized carbons (Fsp3) is 0.909. The lowest BCUT2D eigenvalue weighted by Gasteiger charge is -2.45. The Kier molecular flexibility index (Phi) is 3.28. The molecule has 0 unspecified atom stereocenters. The highest BCUT2D eigenvalue weighted by Gasteiger charge is 2.41. The van der Waals surface area contributed by atoms with Crippen LogP contribution in [0.5, 0.6) is 0 Å². The van der Waals surface area contributed by atoms with Gasteiger partial charge in [0.2, 0.25) is 0 Å². The lowest BCUT2D eigenvalue weighted by molar-refractivity contribution is 0.0235. The highest BCUT2D eigenvalue weighted by molar-refractivity contribution is 5.69. The summed E-state index contributed by atoms with van der Waals surface area (Å²) < 4.78 is 5.17. The molecule has 1 fully saturated rings. The molecule has 0 saturated heterocycles. The second kappa shape index (κ2) is 4.00. The van der Waals surface area contributed by atoms with Gasteiger partial charge in [0.25, 0.3) is 0 Å². The number of amides is 1. The third kappa shape index (κ3) is 3.70. The van der Waals surface area contributed by atoms with Crippen molar-refractivity contribution >= 4 is 6.09 Å². The minimum absolute atomic E-state index is 0.199. The summed E-state index contributed by atoms with van der Waals surface area (Å²) in [6.07, 6.45) is 1.27. The molecule has 1 saturated carbocycles. The van der Waals surface area contributed by atoms with E-state index in [9.17, 15) is 4.79 Å². The van der Waals surface area contributed by atoms with Crippen LogP contribution in [-0.4, -0.2) is 28.9 Å². The van der Waals surface area contributed by atoms with Crippen molar-refractivity contribution in [2.75, 3.05) is 6.61 Å². The van der Waals surface area contributed by atoms with E-state index in [4.69, 9.17) is 9.84 Å². The van der Waals surface area contributed by atoms with E-state index >= 15 is 0 Å². The molecule has 0 heterocycles. The van der Waals surface area contributed by atoms with Gasteiger partial charge in [-0.15, -0.1) is 0 Å². The fourth-order valence-corrected chi connectivity index (χ4v) is 2.00. The third-order valence-corrected chi connectivity index (χ3v) is 2.54. The first kappa shape index (κ1) is 12.3. The average Bonchev–Trinajstić information content (AvgIpc) is 1.95. The molecule has 0 aromatic rings. The van der Waals surface area contributed by atoms with Crippen LogP contribution in [0.1, 0.15) is 40.5 Å². The summed E-state index contributed by atoms with van der Waals surface area (Å²) in [5, 5.41) is 11.7. The summed E-state index contributed by atoms with van der Waals surface area (Å²) in [4.78, 5) is 11.5. The number of aliphatic hydroxyl groups excluding tert-OH is 1. The van der Waals surface area contributed by atoms with Gasteiger partial charge in [-0.05, 0) is 46.5 Å². The molecule has 0 aliphatic heterocycles. The maximum absolute atomic E-state index is 11.5. The van der Waals surface area contributed by atoms with Gasteiger partial charge in [-0.2, -0.15) is 0 Å². The predicted molar refractivity (Wildman–Crippen MR) is 57.6 cm³/mol. The van der Waals surface area contributed by atoms with Crippen LogP contribution in [0.3, 0.4) is 0 Å². The Hall–Kier alpha value is -0.770. The average molecular weight is 215 g/mol. The topological polar surface area (TPSA) is 58.6 Å². The molecular weight excluding hydrogens is 194 g/mol. The van der Waals surface area contributed by atoms with Crippen LogP contribution in [0, 0.1) is 5.92 Å². The second-order valence-electron chi connectivity index (χ2n) is 5.64. The van der Waals surface area contributed by atoms with Gasteiger partial charge < -0.3 is 15.2 Å². The summed E-state index contributed by atoms with van der Waals surface area (Å²) in [6, 6.07) is 0. The van der Waals surface area contributed by atoms with Crippen molar-refractivity contribution < 1.29 is 14.6 Å². The van der Waals surface area contributed by atoms with Crippen LogP contribution in [0.4, 0.5) is 4.79 Å². The Balaban J connectivity index is 2.34. The lowest BCUT2D eigenvalue weighted by atomic mass is 9.70. The molecule has 1 aliphatic rings. The van der Waals surface area contributed by atoms with E-state index in [1.54, 1.807) is 0 Å². The minimum atomic E-state index is -0.458. The van der Waals surface area contributed by atoms with E-state index in [0.717, 1.165) is 12.8 Å². The number of nitrogens with one attached hydrogen (secondary N) is 1. The zero-order chi connectivity index (χ0) is 11.7. The van der Waals surface area contributed by atoms with Gasteiger partial charge in [0.1, 0.15) is 5.60 Å². The van der Waals surface area contributed by atoms with Gasteiger partial charge in [0.15, 0.2) is 0 Å². The first-order valence-electron chi connectivity index (χ1n) is 5.36. The Morgan fingerprint density at radius 3 is 2.47 bits per heavy atom. The molecular formula is C11H21NO3. The summed E-state index contributed by atoms with van der Waals surface area (Å²) in [5.74, 6) is 0.324. The summed E-state index contributed by atoms with van der Waals surface area (Å²) >= 11 is 0. The van der Waals surface area contributed by atoms with Gasteiger partial charge in [0, 0.05) is 12.1 Å². The lowest BCUT2D eigenvalue weighted by Crippen LogP contribution is -2.56. The van der Waals surface area contributed by atoms with Crippen LogP contribution >= 0.6 is 0 Å². The van der Waals surface area contributed by atoms with Gasteiger partial charge in [-0.3, -0.25) is 0 Å². The number of aliphatic hydroxyl groups is 1. The molecule has 1 amide bonds. The molecule has 2 N–H and O–H groups in total. The molecule has 0 spiro atoms. The van der Waals surface area contributed by atoms with E-state index in [1.165, 1.54) is 0 Å². The van der Waals surface area contributed by atoms with E-state index in [1.807, 2.05) is 27.7 Å². The quantitative estimate of drug-likeness (QED) is 0.736. The van der Waals surface area contributed by atoms with E-state index < -0.39 is 5.60 Å². The fourth-order valence-electron chi connectivity index (χ4n) is 2.00. The largest absolute Gasteiger partial charge is 0.444 e. The van der Waals surface area contributed by atoms with Crippen molar-refractivity contribution in [2.24, 2.45) is 5.92 Å². The molecule has 0 bridgehead atoms. The minimum Gasteiger partial charge on any atom is -0.444 e. The maximum atomic E-state index is 11.5. The van der Waals surface area contributed by atoms with Crippen LogP contribution in [0.2, 0.25) is 0 Å². The first-order valence-corrected chi connectivity index (χ1v) is 5.36. The van der Waals surface area contributed by atoms with E-state index in [0.29, 0.717) is 5.92 Å².